The number of carbonyl (C=O) groups excluding carboxylic acids is 2. The number of benzene rings is 2. The highest BCUT2D eigenvalue weighted by Crippen LogP contribution is 2.40. The lowest BCUT2D eigenvalue weighted by molar-refractivity contribution is -0.139. The average Bonchev–Trinajstić information content (AvgIpc) is 2.85. The second-order valence-electron chi connectivity index (χ2n) is 10.3. The fourth-order valence-electron chi connectivity index (χ4n) is 4.18. The highest BCUT2D eigenvalue weighted by molar-refractivity contribution is 6.76. The maximum Gasteiger partial charge on any atom is 0.337 e. The van der Waals surface area contributed by atoms with Crippen LogP contribution >= 0.6 is 11.6 Å². The Hall–Kier alpha value is -3.09. The molecule has 0 fully saturated rings. The first kappa shape index (κ1) is 28.5. The monoisotopic (exact) mass is 537 g/mol. The SMILES string of the molecule is CCC1=C(C(=O)OCC[Si](C)(C)C)C(c2cccc(Cl)c2)C(C(=O)OCC=Cc2ccccc2)=C(C)N1. The smallest absolute Gasteiger partial charge is 0.337 e. The van der Waals surface area contributed by atoms with Gasteiger partial charge in [0.05, 0.1) is 23.7 Å². The van der Waals surface area contributed by atoms with Gasteiger partial charge < -0.3 is 14.8 Å². The van der Waals surface area contributed by atoms with Gasteiger partial charge in [0, 0.05) is 24.5 Å². The van der Waals surface area contributed by atoms with Crippen LogP contribution in [-0.2, 0) is 19.1 Å². The van der Waals surface area contributed by atoms with E-state index < -0.39 is 25.9 Å². The van der Waals surface area contributed by atoms with Crippen molar-refractivity contribution in [3.8, 4) is 0 Å². The molecule has 0 aliphatic carbocycles. The predicted molar refractivity (Wildman–Crippen MR) is 153 cm³/mol. The minimum atomic E-state index is -1.39. The van der Waals surface area contributed by atoms with E-state index in [1.807, 2.05) is 62.4 Å². The maximum atomic E-state index is 13.5. The normalized spacial score (nSPS) is 16.1. The summed E-state index contributed by atoms with van der Waals surface area (Å²) in [5.41, 5.74) is 3.95. The van der Waals surface area contributed by atoms with Gasteiger partial charge in [-0.05, 0) is 48.7 Å². The molecule has 37 heavy (non-hydrogen) atoms. The van der Waals surface area contributed by atoms with E-state index in [-0.39, 0.29) is 6.61 Å². The summed E-state index contributed by atoms with van der Waals surface area (Å²) in [6, 6.07) is 17.9. The van der Waals surface area contributed by atoms with Crippen molar-refractivity contribution < 1.29 is 19.1 Å². The Labute approximate surface area is 226 Å². The standard InChI is InChI=1S/C30H36ClNO4Si/c1-6-25-28(30(34)36-18-19-37(3,4)5)27(23-15-10-16-24(31)20-23)26(21(2)32-25)29(33)35-17-11-14-22-12-8-7-9-13-22/h7-16,20,27,32H,6,17-19H2,1-5H3. The summed E-state index contributed by atoms with van der Waals surface area (Å²) >= 11 is 6.34. The molecule has 1 unspecified atom stereocenters. The first-order valence-corrected chi connectivity index (χ1v) is 16.7. The Kier molecular flexibility index (Phi) is 9.95. The van der Waals surface area contributed by atoms with E-state index in [4.69, 9.17) is 21.1 Å². The van der Waals surface area contributed by atoms with Gasteiger partial charge in [0.1, 0.15) is 6.61 Å². The van der Waals surface area contributed by atoms with Crippen LogP contribution in [0.25, 0.3) is 6.08 Å². The first-order valence-electron chi connectivity index (χ1n) is 12.6. The Morgan fingerprint density at radius 2 is 1.70 bits per heavy atom. The Balaban J connectivity index is 1.91. The lowest BCUT2D eigenvalue weighted by atomic mass is 9.80. The van der Waals surface area contributed by atoms with Crippen LogP contribution in [0.4, 0.5) is 0 Å². The number of carbonyl (C=O) groups is 2. The molecular weight excluding hydrogens is 502 g/mol. The largest absolute Gasteiger partial charge is 0.463 e. The molecule has 2 aromatic carbocycles. The lowest BCUT2D eigenvalue weighted by Gasteiger charge is -2.31. The van der Waals surface area contributed by atoms with Crippen LogP contribution in [-0.4, -0.2) is 33.2 Å². The molecule has 0 radical (unpaired) electrons. The minimum absolute atomic E-state index is 0.104. The third-order valence-corrected chi connectivity index (χ3v) is 8.07. The Morgan fingerprint density at radius 3 is 2.35 bits per heavy atom. The predicted octanol–water partition coefficient (Wildman–Crippen LogP) is 7.10. The van der Waals surface area contributed by atoms with E-state index >= 15 is 0 Å². The summed E-state index contributed by atoms with van der Waals surface area (Å²) in [5, 5.41) is 3.81. The molecule has 1 heterocycles. The van der Waals surface area contributed by atoms with E-state index in [1.165, 1.54) is 0 Å². The van der Waals surface area contributed by atoms with Gasteiger partial charge in [0.15, 0.2) is 0 Å². The van der Waals surface area contributed by atoms with Gasteiger partial charge in [0.25, 0.3) is 0 Å². The number of hydrogen-bond donors (Lipinski definition) is 1. The van der Waals surface area contributed by atoms with Crippen LogP contribution in [0.2, 0.25) is 30.7 Å². The van der Waals surface area contributed by atoms with Crippen molar-refractivity contribution in [2.45, 2.75) is 51.9 Å². The molecule has 1 atom stereocenters. The zero-order chi connectivity index (χ0) is 27.0. The van der Waals surface area contributed by atoms with Crippen molar-refractivity contribution in [2.24, 2.45) is 0 Å². The highest BCUT2D eigenvalue weighted by atomic mass is 35.5. The summed E-state index contributed by atoms with van der Waals surface area (Å²) in [7, 11) is -1.39. The molecule has 0 spiro atoms. The third kappa shape index (κ3) is 7.94. The van der Waals surface area contributed by atoms with Crippen LogP contribution in [0, 0.1) is 0 Å². The number of hydrogen-bond acceptors (Lipinski definition) is 5. The van der Waals surface area contributed by atoms with Gasteiger partial charge >= 0.3 is 11.9 Å². The van der Waals surface area contributed by atoms with Crippen LogP contribution in [0.1, 0.15) is 37.3 Å². The molecule has 7 heteroatoms. The van der Waals surface area contributed by atoms with Gasteiger partial charge in [-0.1, -0.05) is 86.7 Å². The number of allylic oxidation sites excluding steroid dienone is 2. The van der Waals surface area contributed by atoms with E-state index in [0.29, 0.717) is 34.9 Å². The summed E-state index contributed by atoms with van der Waals surface area (Å²) < 4.78 is 11.4. The molecule has 0 saturated heterocycles. The lowest BCUT2D eigenvalue weighted by Crippen LogP contribution is -2.33. The van der Waals surface area contributed by atoms with Crippen LogP contribution in [0.5, 0.6) is 0 Å². The van der Waals surface area contributed by atoms with Crippen molar-refractivity contribution in [3.63, 3.8) is 0 Å². The quantitative estimate of drug-likeness (QED) is 0.258. The van der Waals surface area contributed by atoms with Gasteiger partial charge in [-0.25, -0.2) is 9.59 Å². The fraction of sp³-hybridized carbons (Fsp3) is 0.333. The highest BCUT2D eigenvalue weighted by Gasteiger charge is 2.38. The fourth-order valence-corrected chi connectivity index (χ4v) is 5.10. The number of esters is 2. The number of halogens is 1. The molecule has 3 rings (SSSR count). The van der Waals surface area contributed by atoms with Crippen LogP contribution in [0.3, 0.4) is 0 Å². The van der Waals surface area contributed by atoms with Crippen molar-refractivity contribution in [2.75, 3.05) is 13.2 Å². The molecule has 196 valence electrons. The molecule has 1 N–H and O–H groups in total. The molecule has 2 aromatic rings. The Bertz CT molecular complexity index is 1210. The van der Waals surface area contributed by atoms with Crippen molar-refractivity contribution >= 4 is 37.7 Å². The third-order valence-electron chi connectivity index (χ3n) is 6.13. The number of dihydropyridines is 1. The van der Waals surface area contributed by atoms with Gasteiger partial charge in [-0.3, -0.25) is 0 Å². The summed E-state index contributed by atoms with van der Waals surface area (Å²) in [6.45, 7) is 11.0. The average molecular weight is 538 g/mol. The van der Waals surface area contributed by atoms with Crippen molar-refractivity contribution in [1.29, 1.82) is 0 Å². The molecule has 5 nitrogen and oxygen atoms in total. The second kappa shape index (κ2) is 12.9. The van der Waals surface area contributed by atoms with Crippen molar-refractivity contribution in [1.82, 2.24) is 5.32 Å². The maximum absolute atomic E-state index is 13.5. The molecular formula is C30H36ClNO4Si. The molecule has 1 aliphatic rings. The minimum Gasteiger partial charge on any atom is -0.463 e. The van der Waals surface area contributed by atoms with E-state index in [1.54, 1.807) is 18.2 Å². The van der Waals surface area contributed by atoms with Gasteiger partial charge in [0.2, 0.25) is 0 Å². The second-order valence-corrected chi connectivity index (χ2v) is 16.3. The molecule has 0 bridgehead atoms. The van der Waals surface area contributed by atoms with Gasteiger partial charge in [-0.15, -0.1) is 0 Å². The summed E-state index contributed by atoms with van der Waals surface area (Å²) in [5.74, 6) is -1.57. The van der Waals surface area contributed by atoms with Crippen LogP contribution in [0.15, 0.2) is 83.2 Å². The van der Waals surface area contributed by atoms with Crippen molar-refractivity contribution in [3.05, 3.63) is 99.4 Å². The zero-order valence-corrected chi connectivity index (χ0v) is 24.0. The van der Waals surface area contributed by atoms with E-state index in [9.17, 15) is 9.59 Å². The van der Waals surface area contributed by atoms with Gasteiger partial charge in [-0.2, -0.15) is 0 Å². The van der Waals surface area contributed by atoms with E-state index in [0.717, 1.165) is 22.9 Å². The Morgan fingerprint density at radius 1 is 1.00 bits per heavy atom. The first-order chi connectivity index (χ1) is 17.6. The summed E-state index contributed by atoms with van der Waals surface area (Å²) in [6.07, 6.45) is 4.28. The molecule has 0 aromatic heterocycles. The zero-order valence-electron chi connectivity index (χ0n) is 22.3. The van der Waals surface area contributed by atoms with Crippen LogP contribution < -0.4 is 5.32 Å². The number of rotatable bonds is 10. The molecule has 1 aliphatic heterocycles. The molecule has 0 saturated carbocycles. The topological polar surface area (TPSA) is 64.6 Å². The van der Waals surface area contributed by atoms with E-state index in [2.05, 4.69) is 25.0 Å². The summed E-state index contributed by atoms with van der Waals surface area (Å²) in [4.78, 5) is 26.9. The number of ether oxygens (including phenoxy) is 2. The molecule has 0 amide bonds. The number of nitrogens with one attached hydrogen (secondary N) is 1.